The lowest BCUT2D eigenvalue weighted by Crippen LogP contribution is -1.95. The highest BCUT2D eigenvalue weighted by atomic mass is 16.5. The van der Waals surface area contributed by atoms with Crippen LogP contribution in [0, 0.1) is 0 Å². The maximum atomic E-state index is 5.40. The van der Waals surface area contributed by atoms with Crippen LogP contribution in [0.2, 0.25) is 0 Å². The van der Waals surface area contributed by atoms with Crippen LogP contribution in [0.4, 0.5) is 0 Å². The summed E-state index contributed by atoms with van der Waals surface area (Å²) in [5.41, 5.74) is 0. The van der Waals surface area contributed by atoms with Gasteiger partial charge < -0.3 is 4.74 Å². The van der Waals surface area contributed by atoms with Gasteiger partial charge >= 0.3 is 0 Å². The molecule has 1 nitrogen and oxygen atoms in total. The van der Waals surface area contributed by atoms with Crippen LogP contribution < -0.4 is 0 Å². The van der Waals surface area contributed by atoms with Crippen LogP contribution in [0.1, 0.15) is 52.4 Å². The minimum Gasteiger partial charge on any atom is -0.381 e. The second-order valence-corrected chi connectivity index (χ2v) is 3.38. The molecule has 0 aliphatic carbocycles. The van der Waals surface area contributed by atoms with E-state index in [2.05, 4.69) is 26.0 Å². The van der Waals surface area contributed by atoms with Gasteiger partial charge in [0.15, 0.2) is 0 Å². The minimum atomic E-state index is 0.929. The van der Waals surface area contributed by atoms with E-state index >= 15 is 0 Å². The van der Waals surface area contributed by atoms with Gasteiger partial charge in [-0.1, -0.05) is 31.9 Å². The van der Waals surface area contributed by atoms with Crippen molar-refractivity contribution in [2.24, 2.45) is 0 Å². The monoisotopic (exact) mass is 184 g/mol. The molecule has 0 N–H and O–H groups in total. The van der Waals surface area contributed by atoms with E-state index in [-0.39, 0.29) is 0 Å². The van der Waals surface area contributed by atoms with Gasteiger partial charge in [-0.3, -0.25) is 0 Å². The summed E-state index contributed by atoms with van der Waals surface area (Å²) in [6, 6.07) is 0. The van der Waals surface area contributed by atoms with Gasteiger partial charge in [-0.15, -0.1) is 0 Å². The van der Waals surface area contributed by atoms with E-state index in [1.165, 1.54) is 32.1 Å². The van der Waals surface area contributed by atoms with Crippen molar-refractivity contribution in [3.8, 4) is 0 Å². The SMILES string of the molecule is C/C=C/CCCCCCOCCC. The van der Waals surface area contributed by atoms with Crippen LogP contribution >= 0.6 is 0 Å². The molecule has 0 fully saturated rings. The first kappa shape index (κ1) is 12.7. The van der Waals surface area contributed by atoms with Gasteiger partial charge in [-0.2, -0.15) is 0 Å². The Morgan fingerprint density at radius 3 is 2.46 bits per heavy atom. The number of hydrogen-bond acceptors (Lipinski definition) is 1. The van der Waals surface area contributed by atoms with Gasteiger partial charge in [0.25, 0.3) is 0 Å². The molecule has 0 saturated carbocycles. The Kier molecular flexibility index (Phi) is 11.4. The van der Waals surface area contributed by atoms with Gasteiger partial charge in [0.2, 0.25) is 0 Å². The van der Waals surface area contributed by atoms with Crippen molar-refractivity contribution in [1.29, 1.82) is 0 Å². The highest BCUT2D eigenvalue weighted by Crippen LogP contribution is 2.03. The van der Waals surface area contributed by atoms with Gasteiger partial charge in [-0.05, 0) is 32.6 Å². The van der Waals surface area contributed by atoms with Crippen LogP contribution in [0.15, 0.2) is 12.2 Å². The molecule has 0 spiro atoms. The molecule has 13 heavy (non-hydrogen) atoms. The summed E-state index contributed by atoms with van der Waals surface area (Å²) in [7, 11) is 0. The molecule has 0 unspecified atom stereocenters. The van der Waals surface area contributed by atoms with Gasteiger partial charge in [0.05, 0.1) is 0 Å². The molecule has 0 radical (unpaired) electrons. The number of unbranched alkanes of at least 4 members (excludes halogenated alkanes) is 4. The van der Waals surface area contributed by atoms with Crippen molar-refractivity contribution >= 4 is 0 Å². The second-order valence-electron chi connectivity index (χ2n) is 3.38. The molecule has 0 rings (SSSR count). The van der Waals surface area contributed by atoms with Gasteiger partial charge in [0.1, 0.15) is 0 Å². The molecule has 0 aromatic carbocycles. The molecule has 0 heterocycles. The van der Waals surface area contributed by atoms with E-state index < -0.39 is 0 Å². The summed E-state index contributed by atoms with van der Waals surface area (Å²) in [4.78, 5) is 0. The summed E-state index contributed by atoms with van der Waals surface area (Å²) in [5.74, 6) is 0. The fourth-order valence-electron chi connectivity index (χ4n) is 1.23. The van der Waals surface area contributed by atoms with E-state index in [0.29, 0.717) is 0 Å². The van der Waals surface area contributed by atoms with Crippen LogP contribution in [0.5, 0.6) is 0 Å². The summed E-state index contributed by atoms with van der Waals surface area (Å²) in [6.45, 7) is 6.12. The number of allylic oxidation sites excluding steroid dienone is 2. The molecule has 1 heteroatoms. The van der Waals surface area contributed by atoms with Crippen LogP contribution in [0.25, 0.3) is 0 Å². The summed E-state index contributed by atoms with van der Waals surface area (Å²) < 4.78 is 5.40. The standard InChI is InChI=1S/C12H24O/c1-3-5-6-7-8-9-10-12-13-11-4-2/h3,5H,4,6-12H2,1-2H3/b5-3+. The first-order chi connectivity index (χ1) is 6.41. The average molecular weight is 184 g/mol. The molecule has 0 amide bonds. The van der Waals surface area contributed by atoms with Crippen molar-refractivity contribution in [2.75, 3.05) is 13.2 Å². The maximum Gasteiger partial charge on any atom is 0.0466 e. The van der Waals surface area contributed by atoms with Crippen molar-refractivity contribution in [1.82, 2.24) is 0 Å². The zero-order valence-corrected chi connectivity index (χ0v) is 9.22. The minimum absolute atomic E-state index is 0.929. The topological polar surface area (TPSA) is 9.23 Å². The Bertz CT molecular complexity index is 108. The Hall–Kier alpha value is -0.300. The summed E-state index contributed by atoms with van der Waals surface area (Å²) in [6.07, 6.45) is 12.0. The largest absolute Gasteiger partial charge is 0.381 e. The molecule has 0 aromatic heterocycles. The van der Waals surface area contributed by atoms with Crippen molar-refractivity contribution < 1.29 is 4.74 Å². The predicted octanol–water partition coefficient (Wildman–Crippen LogP) is 3.94. The Balaban J connectivity index is 2.83. The van der Waals surface area contributed by atoms with Crippen LogP contribution in [-0.4, -0.2) is 13.2 Å². The quantitative estimate of drug-likeness (QED) is 0.389. The van der Waals surface area contributed by atoms with Crippen molar-refractivity contribution in [3.05, 3.63) is 12.2 Å². The first-order valence-electron chi connectivity index (χ1n) is 5.60. The van der Waals surface area contributed by atoms with Crippen molar-refractivity contribution in [3.63, 3.8) is 0 Å². The fraction of sp³-hybridized carbons (Fsp3) is 0.833. The number of rotatable bonds is 9. The van der Waals surface area contributed by atoms with Gasteiger partial charge in [-0.25, -0.2) is 0 Å². The van der Waals surface area contributed by atoms with Crippen LogP contribution in [-0.2, 0) is 4.74 Å². The van der Waals surface area contributed by atoms with E-state index in [4.69, 9.17) is 4.74 Å². The summed E-state index contributed by atoms with van der Waals surface area (Å²) >= 11 is 0. The highest BCUT2D eigenvalue weighted by molar-refractivity contribution is 4.76. The molecular formula is C12H24O. The molecule has 0 aliphatic rings. The second kappa shape index (κ2) is 11.7. The average Bonchev–Trinajstić information content (AvgIpc) is 2.16. The Morgan fingerprint density at radius 1 is 1.00 bits per heavy atom. The first-order valence-corrected chi connectivity index (χ1v) is 5.60. The maximum absolute atomic E-state index is 5.40. The van der Waals surface area contributed by atoms with Crippen molar-refractivity contribution in [2.45, 2.75) is 52.4 Å². The lowest BCUT2D eigenvalue weighted by molar-refractivity contribution is 0.130. The normalized spacial score (nSPS) is 11.2. The van der Waals surface area contributed by atoms with E-state index in [0.717, 1.165) is 19.6 Å². The third-order valence-electron chi connectivity index (χ3n) is 1.99. The van der Waals surface area contributed by atoms with E-state index in [1.54, 1.807) is 0 Å². The smallest absolute Gasteiger partial charge is 0.0466 e. The molecule has 0 bridgehead atoms. The van der Waals surface area contributed by atoms with Crippen LogP contribution in [0.3, 0.4) is 0 Å². The number of ether oxygens (including phenoxy) is 1. The third kappa shape index (κ3) is 11.7. The lowest BCUT2D eigenvalue weighted by atomic mass is 10.1. The Labute approximate surface area is 83.2 Å². The molecule has 0 aromatic rings. The highest BCUT2D eigenvalue weighted by Gasteiger charge is 1.89. The Morgan fingerprint density at radius 2 is 1.77 bits per heavy atom. The summed E-state index contributed by atoms with van der Waals surface area (Å²) in [5, 5.41) is 0. The molecule has 0 atom stereocenters. The van der Waals surface area contributed by atoms with Gasteiger partial charge in [0, 0.05) is 13.2 Å². The number of hydrogen-bond donors (Lipinski definition) is 0. The zero-order chi connectivity index (χ0) is 9.78. The van der Waals surface area contributed by atoms with E-state index in [1.807, 2.05) is 0 Å². The fourth-order valence-corrected chi connectivity index (χ4v) is 1.23. The molecule has 0 aliphatic heterocycles. The third-order valence-corrected chi connectivity index (χ3v) is 1.99. The molecular weight excluding hydrogens is 160 g/mol. The zero-order valence-electron chi connectivity index (χ0n) is 9.22. The molecule has 0 saturated heterocycles. The molecule has 78 valence electrons. The predicted molar refractivity (Wildman–Crippen MR) is 59.0 cm³/mol. The lowest BCUT2D eigenvalue weighted by Gasteiger charge is -2.01. The van der Waals surface area contributed by atoms with E-state index in [9.17, 15) is 0 Å².